The number of rotatable bonds is 3. The molecule has 0 bridgehead atoms. The molecule has 162 valence electrons. The van der Waals surface area contributed by atoms with E-state index in [2.05, 4.69) is 42.5 Å². The molecule has 2 aromatic carbocycles. The summed E-state index contributed by atoms with van der Waals surface area (Å²) in [5.41, 5.74) is 6.58. The number of hydrogen-bond acceptors (Lipinski definition) is 4. The van der Waals surface area contributed by atoms with Crippen LogP contribution in [-0.4, -0.2) is 39.4 Å². The van der Waals surface area contributed by atoms with Gasteiger partial charge in [0.05, 0.1) is 29.1 Å². The minimum absolute atomic E-state index is 0.153. The second kappa shape index (κ2) is 7.44. The van der Waals surface area contributed by atoms with Gasteiger partial charge in [-0.1, -0.05) is 6.07 Å². The summed E-state index contributed by atoms with van der Waals surface area (Å²) in [6.07, 6.45) is 4.50. The largest absolute Gasteiger partial charge is 0.345 e. The predicted octanol–water partition coefficient (Wildman–Crippen LogP) is 3.52. The zero-order valence-corrected chi connectivity index (χ0v) is 18.3. The number of carbonyl (C=O) groups is 3. The van der Waals surface area contributed by atoms with Crippen LogP contribution in [0, 0.1) is 13.8 Å². The highest BCUT2D eigenvalue weighted by atomic mass is 16.2. The summed E-state index contributed by atoms with van der Waals surface area (Å²) in [7, 11) is 1.45. The Morgan fingerprint density at radius 2 is 1.81 bits per heavy atom. The first kappa shape index (κ1) is 20.2. The minimum Gasteiger partial charge on any atom is -0.345 e. The van der Waals surface area contributed by atoms with Crippen LogP contribution in [0.2, 0.25) is 0 Å². The fourth-order valence-electron chi connectivity index (χ4n) is 4.53. The third-order valence-corrected chi connectivity index (χ3v) is 6.58. The second-order valence-electron chi connectivity index (χ2n) is 8.57. The number of hydrogen-bond donors (Lipinski definition) is 1. The van der Waals surface area contributed by atoms with Crippen molar-refractivity contribution in [2.75, 3.05) is 7.05 Å². The van der Waals surface area contributed by atoms with Gasteiger partial charge in [0, 0.05) is 23.9 Å². The van der Waals surface area contributed by atoms with Gasteiger partial charge in [-0.2, -0.15) is 5.10 Å². The number of benzene rings is 2. The first-order valence-electron chi connectivity index (χ1n) is 10.8. The highest BCUT2D eigenvalue weighted by Crippen LogP contribution is 2.32. The van der Waals surface area contributed by atoms with Gasteiger partial charge in [-0.05, 0) is 74.6 Å². The van der Waals surface area contributed by atoms with Crippen molar-refractivity contribution in [2.45, 2.75) is 39.2 Å². The van der Waals surface area contributed by atoms with Gasteiger partial charge in [0.2, 0.25) is 0 Å². The maximum atomic E-state index is 13.0. The smallest absolute Gasteiger partial charge is 0.261 e. The van der Waals surface area contributed by atoms with E-state index < -0.39 is 0 Å². The van der Waals surface area contributed by atoms with E-state index in [1.807, 2.05) is 10.9 Å². The van der Waals surface area contributed by atoms with Crippen molar-refractivity contribution in [3.63, 3.8) is 0 Å². The van der Waals surface area contributed by atoms with Crippen LogP contribution in [0.3, 0.4) is 0 Å². The standard InChI is InChI=1S/C25H24N4O3/c1-14-7-9-17(11-15(14)2)29-22-6-4-5-21(20(22)13-26-29)27-23(30)16-8-10-18-19(12-16)25(32)28(3)24(18)31/h7-13,21H,4-6H2,1-3H3,(H,27,30). The van der Waals surface area contributed by atoms with Gasteiger partial charge in [0.25, 0.3) is 17.7 Å². The third-order valence-electron chi connectivity index (χ3n) is 6.58. The van der Waals surface area contributed by atoms with E-state index in [4.69, 9.17) is 0 Å². The van der Waals surface area contributed by atoms with Crippen molar-refractivity contribution >= 4 is 17.7 Å². The Balaban J connectivity index is 1.41. The maximum Gasteiger partial charge on any atom is 0.261 e. The van der Waals surface area contributed by atoms with Crippen LogP contribution in [0.25, 0.3) is 5.69 Å². The first-order valence-corrected chi connectivity index (χ1v) is 10.8. The average molecular weight is 428 g/mol. The molecule has 1 atom stereocenters. The van der Waals surface area contributed by atoms with E-state index in [0.29, 0.717) is 11.1 Å². The Morgan fingerprint density at radius 3 is 2.59 bits per heavy atom. The van der Waals surface area contributed by atoms with Crippen molar-refractivity contribution in [3.05, 3.63) is 81.7 Å². The summed E-state index contributed by atoms with van der Waals surface area (Å²) in [5, 5.41) is 7.72. The van der Waals surface area contributed by atoms with Gasteiger partial charge in [0.1, 0.15) is 0 Å². The Hall–Kier alpha value is -3.74. The number of amides is 3. The fraction of sp³-hybridized carbons (Fsp3) is 0.280. The molecule has 0 saturated heterocycles. The van der Waals surface area contributed by atoms with Gasteiger partial charge < -0.3 is 5.32 Å². The monoisotopic (exact) mass is 428 g/mol. The molecular weight excluding hydrogens is 404 g/mol. The first-order chi connectivity index (χ1) is 15.3. The van der Waals surface area contributed by atoms with E-state index in [-0.39, 0.29) is 29.3 Å². The van der Waals surface area contributed by atoms with Crippen molar-refractivity contribution in [1.29, 1.82) is 0 Å². The molecule has 7 heteroatoms. The maximum absolute atomic E-state index is 13.0. The van der Waals surface area contributed by atoms with Crippen LogP contribution in [0.4, 0.5) is 0 Å². The lowest BCUT2D eigenvalue weighted by molar-refractivity contribution is 0.0693. The SMILES string of the molecule is Cc1ccc(-n2ncc3c2CCCC3NC(=O)c2ccc3c(c2)C(=O)N(C)C3=O)cc1C. The van der Waals surface area contributed by atoms with E-state index in [9.17, 15) is 14.4 Å². The molecule has 1 unspecified atom stereocenters. The molecule has 2 heterocycles. The summed E-state index contributed by atoms with van der Waals surface area (Å²) < 4.78 is 1.97. The zero-order chi connectivity index (χ0) is 22.6. The zero-order valence-electron chi connectivity index (χ0n) is 18.3. The Kier molecular flexibility index (Phi) is 4.69. The topological polar surface area (TPSA) is 84.3 Å². The summed E-state index contributed by atoms with van der Waals surface area (Å²) in [4.78, 5) is 38.5. The lowest BCUT2D eigenvalue weighted by Gasteiger charge is -2.24. The Labute approximate surface area is 186 Å². The van der Waals surface area contributed by atoms with Crippen LogP contribution < -0.4 is 5.32 Å². The molecule has 1 aliphatic heterocycles. The number of nitrogens with zero attached hydrogens (tertiary/aromatic N) is 3. The van der Waals surface area contributed by atoms with Crippen LogP contribution in [0.15, 0.2) is 42.6 Å². The highest BCUT2D eigenvalue weighted by molar-refractivity contribution is 6.21. The van der Waals surface area contributed by atoms with Gasteiger partial charge in [-0.3, -0.25) is 19.3 Å². The molecule has 32 heavy (non-hydrogen) atoms. The van der Waals surface area contributed by atoms with Crippen LogP contribution in [0.1, 0.15) is 72.3 Å². The molecule has 1 aliphatic carbocycles. The van der Waals surface area contributed by atoms with E-state index in [0.717, 1.165) is 41.1 Å². The van der Waals surface area contributed by atoms with E-state index >= 15 is 0 Å². The number of aryl methyl sites for hydroxylation is 2. The number of aromatic nitrogens is 2. The molecule has 0 fully saturated rings. The average Bonchev–Trinajstić information content (AvgIpc) is 3.32. The molecule has 5 rings (SSSR count). The van der Waals surface area contributed by atoms with Crippen molar-refractivity contribution in [2.24, 2.45) is 0 Å². The summed E-state index contributed by atoms with van der Waals surface area (Å²) >= 11 is 0. The number of imide groups is 1. The quantitative estimate of drug-likeness (QED) is 0.647. The van der Waals surface area contributed by atoms with Crippen molar-refractivity contribution in [3.8, 4) is 5.69 Å². The van der Waals surface area contributed by atoms with Gasteiger partial charge >= 0.3 is 0 Å². The number of nitrogens with one attached hydrogen (secondary N) is 1. The van der Waals surface area contributed by atoms with E-state index in [1.165, 1.54) is 24.2 Å². The fourth-order valence-corrected chi connectivity index (χ4v) is 4.53. The molecule has 3 amide bonds. The number of carbonyl (C=O) groups excluding carboxylic acids is 3. The second-order valence-corrected chi connectivity index (χ2v) is 8.57. The summed E-state index contributed by atoms with van der Waals surface area (Å²) in [5.74, 6) is -0.985. The molecule has 1 N–H and O–H groups in total. The molecule has 7 nitrogen and oxygen atoms in total. The molecular formula is C25H24N4O3. The molecule has 0 radical (unpaired) electrons. The Morgan fingerprint density at radius 1 is 1.03 bits per heavy atom. The minimum atomic E-state index is -0.380. The summed E-state index contributed by atoms with van der Waals surface area (Å²) in [6, 6.07) is 10.8. The van der Waals surface area contributed by atoms with E-state index in [1.54, 1.807) is 12.1 Å². The van der Waals surface area contributed by atoms with Crippen LogP contribution in [0.5, 0.6) is 0 Å². The predicted molar refractivity (Wildman–Crippen MR) is 119 cm³/mol. The lowest BCUT2D eigenvalue weighted by atomic mass is 9.92. The summed E-state index contributed by atoms with van der Waals surface area (Å²) in [6.45, 7) is 4.17. The normalized spacial score (nSPS) is 17.3. The lowest BCUT2D eigenvalue weighted by Crippen LogP contribution is -2.31. The third kappa shape index (κ3) is 3.12. The molecule has 0 spiro atoms. The van der Waals surface area contributed by atoms with Crippen molar-refractivity contribution in [1.82, 2.24) is 20.0 Å². The van der Waals surface area contributed by atoms with Gasteiger partial charge in [-0.25, -0.2) is 4.68 Å². The van der Waals surface area contributed by atoms with Gasteiger partial charge in [-0.15, -0.1) is 0 Å². The van der Waals surface area contributed by atoms with Crippen LogP contribution >= 0.6 is 0 Å². The van der Waals surface area contributed by atoms with Crippen LogP contribution in [-0.2, 0) is 6.42 Å². The van der Waals surface area contributed by atoms with Crippen molar-refractivity contribution < 1.29 is 14.4 Å². The molecule has 2 aliphatic rings. The highest BCUT2D eigenvalue weighted by Gasteiger charge is 2.33. The number of fused-ring (bicyclic) bond motifs is 2. The van der Waals surface area contributed by atoms with Gasteiger partial charge in [0.15, 0.2) is 0 Å². The molecule has 1 aromatic heterocycles. The molecule has 0 saturated carbocycles. The Bertz CT molecular complexity index is 1290. The molecule has 3 aromatic rings.